The van der Waals surface area contributed by atoms with Gasteiger partial charge in [-0.15, -0.1) is 0 Å². The number of H-pyrrole nitrogens is 1. The van der Waals surface area contributed by atoms with Crippen LogP contribution in [0.1, 0.15) is 23.2 Å². The Morgan fingerprint density at radius 1 is 1.17 bits per heavy atom. The van der Waals surface area contributed by atoms with Crippen molar-refractivity contribution >= 4 is 11.6 Å². The lowest BCUT2D eigenvalue weighted by atomic mass is 10.2. The predicted octanol–water partition coefficient (Wildman–Crippen LogP) is 0.817. The Kier molecular flexibility index (Phi) is 5.48. The summed E-state index contributed by atoms with van der Waals surface area (Å²) in [6.07, 6.45) is 2.66. The van der Waals surface area contributed by atoms with Crippen LogP contribution in [0.15, 0.2) is 40.1 Å². The number of carbonyl (C=O) groups is 1. The molecule has 29 heavy (non-hydrogen) atoms. The number of rotatable bonds is 4. The van der Waals surface area contributed by atoms with Gasteiger partial charge in [0.2, 0.25) is 0 Å². The first-order chi connectivity index (χ1) is 14.0. The van der Waals surface area contributed by atoms with Crippen molar-refractivity contribution in [2.75, 3.05) is 37.7 Å². The fraction of sp³-hybridized carbons (Fsp3) is 0.450. The number of piperazine rings is 1. The maximum Gasteiger partial charge on any atom is 0.328 e. The van der Waals surface area contributed by atoms with Gasteiger partial charge in [0.15, 0.2) is 0 Å². The van der Waals surface area contributed by atoms with Crippen molar-refractivity contribution in [3.63, 3.8) is 0 Å². The largest absolute Gasteiger partial charge is 0.376 e. The van der Waals surface area contributed by atoms with Crippen LogP contribution < -0.4 is 16.1 Å². The first-order valence-corrected chi connectivity index (χ1v) is 9.77. The second-order valence-corrected chi connectivity index (χ2v) is 7.29. The third kappa shape index (κ3) is 3.95. The standard InChI is InChI=1S/C20H23FN4O4/c21-16-5-1-2-6-17(16)23-7-9-24(10-8-23)18(26)15-12-22-20(28)25(19(15)27)13-14-4-3-11-29-14/h1-2,5-6,12,14H,3-4,7-11,13H2,(H,22,28). The minimum Gasteiger partial charge on any atom is -0.376 e. The number of anilines is 1. The number of halogens is 1. The number of hydrogen-bond donors (Lipinski definition) is 1. The van der Waals surface area contributed by atoms with Crippen LogP contribution in [0.2, 0.25) is 0 Å². The minimum absolute atomic E-state index is 0.0676. The lowest BCUT2D eigenvalue weighted by Crippen LogP contribution is -2.51. The Bertz CT molecular complexity index is 1000. The molecule has 154 valence electrons. The maximum absolute atomic E-state index is 14.0. The number of nitrogens with zero attached hydrogens (tertiary/aromatic N) is 3. The molecule has 2 aliphatic heterocycles. The van der Waals surface area contributed by atoms with Gasteiger partial charge in [0.1, 0.15) is 11.4 Å². The van der Waals surface area contributed by atoms with E-state index in [9.17, 15) is 18.8 Å². The zero-order chi connectivity index (χ0) is 20.4. The van der Waals surface area contributed by atoms with E-state index in [2.05, 4.69) is 4.98 Å². The van der Waals surface area contributed by atoms with Crippen LogP contribution in [0.5, 0.6) is 0 Å². The molecule has 2 fully saturated rings. The normalized spacial score (nSPS) is 19.6. The second-order valence-electron chi connectivity index (χ2n) is 7.29. The van der Waals surface area contributed by atoms with Crippen LogP contribution in [-0.2, 0) is 11.3 Å². The second kappa shape index (κ2) is 8.20. The predicted molar refractivity (Wildman–Crippen MR) is 105 cm³/mol. The van der Waals surface area contributed by atoms with E-state index in [4.69, 9.17) is 4.74 Å². The highest BCUT2D eigenvalue weighted by Crippen LogP contribution is 2.20. The Hall–Kier alpha value is -2.94. The van der Waals surface area contributed by atoms with Crippen molar-refractivity contribution in [3.05, 3.63) is 62.7 Å². The number of carbonyl (C=O) groups excluding carboxylic acids is 1. The number of hydrogen-bond acceptors (Lipinski definition) is 5. The zero-order valence-corrected chi connectivity index (χ0v) is 16.0. The quantitative estimate of drug-likeness (QED) is 0.818. The highest BCUT2D eigenvalue weighted by molar-refractivity contribution is 5.93. The van der Waals surface area contributed by atoms with E-state index in [0.29, 0.717) is 38.5 Å². The average Bonchev–Trinajstić information content (AvgIpc) is 3.25. The molecule has 4 rings (SSSR count). The van der Waals surface area contributed by atoms with Gasteiger partial charge in [-0.05, 0) is 25.0 Å². The maximum atomic E-state index is 14.0. The van der Waals surface area contributed by atoms with Crippen molar-refractivity contribution in [3.8, 4) is 0 Å². The molecule has 2 aromatic rings. The number of aromatic amines is 1. The average molecular weight is 402 g/mol. The summed E-state index contributed by atoms with van der Waals surface area (Å²) in [6, 6.07) is 6.52. The van der Waals surface area contributed by atoms with Gasteiger partial charge < -0.3 is 19.5 Å². The van der Waals surface area contributed by atoms with Crippen molar-refractivity contribution in [1.82, 2.24) is 14.5 Å². The highest BCUT2D eigenvalue weighted by atomic mass is 19.1. The van der Waals surface area contributed by atoms with Gasteiger partial charge in [-0.1, -0.05) is 12.1 Å². The summed E-state index contributed by atoms with van der Waals surface area (Å²) in [5.41, 5.74) is -0.721. The summed E-state index contributed by atoms with van der Waals surface area (Å²) in [5, 5.41) is 0. The summed E-state index contributed by atoms with van der Waals surface area (Å²) < 4.78 is 20.5. The molecule has 1 N–H and O–H groups in total. The van der Waals surface area contributed by atoms with Crippen molar-refractivity contribution in [2.45, 2.75) is 25.5 Å². The topological polar surface area (TPSA) is 87.6 Å². The third-order valence-corrected chi connectivity index (χ3v) is 5.46. The van der Waals surface area contributed by atoms with E-state index in [-0.39, 0.29) is 24.0 Å². The van der Waals surface area contributed by atoms with Gasteiger partial charge in [0.05, 0.1) is 18.3 Å². The van der Waals surface area contributed by atoms with Crippen molar-refractivity contribution < 1.29 is 13.9 Å². The molecule has 0 radical (unpaired) electrons. The molecular formula is C20H23FN4O4. The molecule has 3 heterocycles. The van der Waals surface area contributed by atoms with Crippen LogP contribution >= 0.6 is 0 Å². The molecular weight excluding hydrogens is 379 g/mol. The van der Waals surface area contributed by atoms with E-state index in [0.717, 1.165) is 17.4 Å². The molecule has 2 aliphatic rings. The molecule has 1 aromatic heterocycles. The van der Waals surface area contributed by atoms with Crippen molar-refractivity contribution in [1.29, 1.82) is 0 Å². The summed E-state index contributed by atoms with van der Waals surface area (Å²) in [5.74, 6) is -0.731. The van der Waals surface area contributed by atoms with Gasteiger partial charge in [-0.3, -0.25) is 14.2 Å². The first kappa shape index (κ1) is 19.4. The van der Waals surface area contributed by atoms with Gasteiger partial charge in [0, 0.05) is 39.0 Å². The lowest BCUT2D eigenvalue weighted by molar-refractivity contribution is 0.0739. The Morgan fingerprint density at radius 3 is 2.62 bits per heavy atom. The summed E-state index contributed by atoms with van der Waals surface area (Å²) in [6.45, 7) is 2.38. The van der Waals surface area contributed by atoms with E-state index in [1.807, 2.05) is 4.90 Å². The Morgan fingerprint density at radius 2 is 1.93 bits per heavy atom. The zero-order valence-electron chi connectivity index (χ0n) is 16.0. The monoisotopic (exact) mass is 402 g/mol. The van der Waals surface area contributed by atoms with Crippen LogP contribution in [0, 0.1) is 5.82 Å². The smallest absolute Gasteiger partial charge is 0.328 e. The molecule has 2 saturated heterocycles. The fourth-order valence-electron chi connectivity index (χ4n) is 3.85. The van der Waals surface area contributed by atoms with Gasteiger partial charge in [-0.2, -0.15) is 0 Å². The van der Waals surface area contributed by atoms with Gasteiger partial charge >= 0.3 is 5.69 Å². The van der Waals surface area contributed by atoms with Crippen molar-refractivity contribution in [2.24, 2.45) is 0 Å². The Labute approximate surface area is 166 Å². The molecule has 8 nitrogen and oxygen atoms in total. The van der Waals surface area contributed by atoms with E-state index >= 15 is 0 Å². The molecule has 0 saturated carbocycles. The molecule has 1 amide bonds. The number of benzene rings is 1. The number of nitrogens with one attached hydrogen (secondary N) is 1. The number of aromatic nitrogens is 2. The minimum atomic E-state index is -0.606. The van der Waals surface area contributed by atoms with E-state index < -0.39 is 17.2 Å². The van der Waals surface area contributed by atoms with Crippen LogP contribution in [0.4, 0.5) is 10.1 Å². The number of ether oxygens (including phenoxy) is 1. The van der Waals surface area contributed by atoms with E-state index in [1.165, 1.54) is 12.3 Å². The summed E-state index contributed by atoms with van der Waals surface area (Å²) in [7, 11) is 0. The van der Waals surface area contributed by atoms with E-state index in [1.54, 1.807) is 23.1 Å². The molecule has 0 aliphatic carbocycles. The third-order valence-electron chi connectivity index (χ3n) is 5.46. The first-order valence-electron chi connectivity index (χ1n) is 9.77. The van der Waals surface area contributed by atoms with Gasteiger partial charge in [-0.25, -0.2) is 9.18 Å². The van der Waals surface area contributed by atoms with Crippen LogP contribution in [-0.4, -0.2) is 59.2 Å². The molecule has 1 unspecified atom stereocenters. The molecule has 1 aromatic carbocycles. The summed E-state index contributed by atoms with van der Waals surface area (Å²) >= 11 is 0. The number of para-hydroxylation sites is 1. The fourth-order valence-corrected chi connectivity index (χ4v) is 3.85. The SMILES string of the molecule is O=C(c1c[nH]c(=O)n(CC2CCCO2)c1=O)N1CCN(c2ccccc2F)CC1. The van der Waals surface area contributed by atoms with Gasteiger partial charge in [0.25, 0.3) is 11.5 Å². The number of amides is 1. The highest BCUT2D eigenvalue weighted by Gasteiger charge is 2.27. The molecule has 0 spiro atoms. The van der Waals surface area contributed by atoms with Crippen LogP contribution in [0.3, 0.4) is 0 Å². The molecule has 9 heteroatoms. The Balaban J connectivity index is 1.48. The molecule has 1 atom stereocenters. The van der Waals surface area contributed by atoms with Crippen LogP contribution in [0.25, 0.3) is 0 Å². The molecule has 0 bridgehead atoms. The lowest BCUT2D eigenvalue weighted by Gasteiger charge is -2.36. The summed E-state index contributed by atoms with van der Waals surface area (Å²) in [4.78, 5) is 43.7.